The maximum atomic E-state index is 11.6. The van der Waals surface area contributed by atoms with Crippen molar-refractivity contribution >= 4 is 18.3 Å². The van der Waals surface area contributed by atoms with Gasteiger partial charge in [0, 0.05) is 13.0 Å². The van der Waals surface area contributed by atoms with Crippen LogP contribution in [0, 0.1) is 5.92 Å². The lowest BCUT2D eigenvalue weighted by Gasteiger charge is -2.14. The van der Waals surface area contributed by atoms with Crippen LogP contribution in [0.1, 0.15) is 52.4 Å². The summed E-state index contributed by atoms with van der Waals surface area (Å²) in [7, 11) is 1.93. The Kier molecular flexibility index (Phi) is 15.5. The van der Waals surface area contributed by atoms with Crippen LogP contribution in [0.15, 0.2) is 0 Å². The molecule has 0 aromatic carbocycles. The summed E-state index contributed by atoms with van der Waals surface area (Å²) in [4.78, 5) is 11.6. The van der Waals surface area contributed by atoms with Gasteiger partial charge in [-0.15, -0.1) is 12.4 Å². The number of hydrogen-bond donors (Lipinski definition) is 2. The second-order valence-electron chi connectivity index (χ2n) is 4.43. The molecule has 2 N–H and O–H groups in total. The van der Waals surface area contributed by atoms with Crippen LogP contribution in [0.2, 0.25) is 0 Å². The van der Waals surface area contributed by atoms with Crippen LogP contribution in [-0.2, 0) is 4.79 Å². The van der Waals surface area contributed by atoms with Crippen LogP contribution in [0.4, 0.5) is 0 Å². The van der Waals surface area contributed by atoms with Gasteiger partial charge < -0.3 is 10.6 Å². The van der Waals surface area contributed by atoms with Gasteiger partial charge in [0.25, 0.3) is 0 Å². The Morgan fingerprint density at radius 2 is 1.88 bits per heavy atom. The predicted molar refractivity (Wildman–Crippen MR) is 76.7 cm³/mol. The van der Waals surface area contributed by atoms with Gasteiger partial charge in [-0.3, -0.25) is 4.79 Å². The van der Waals surface area contributed by atoms with Crippen molar-refractivity contribution in [2.24, 2.45) is 5.92 Å². The van der Waals surface area contributed by atoms with Crippen molar-refractivity contribution < 1.29 is 4.79 Å². The highest BCUT2D eigenvalue weighted by molar-refractivity contribution is 5.85. The predicted octanol–water partition coefficient (Wildman–Crippen LogP) is 2.74. The second kappa shape index (κ2) is 13.8. The molecule has 0 fully saturated rings. The van der Waals surface area contributed by atoms with Gasteiger partial charge in [-0.05, 0) is 32.4 Å². The zero-order chi connectivity index (χ0) is 12.2. The summed E-state index contributed by atoms with van der Waals surface area (Å²) < 4.78 is 0. The topological polar surface area (TPSA) is 41.1 Å². The first-order valence-electron chi connectivity index (χ1n) is 6.65. The van der Waals surface area contributed by atoms with E-state index in [1.54, 1.807) is 0 Å². The maximum Gasteiger partial charge on any atom is 0.220 e. The van der Waals surface area contributed by atoms with E-state index < -0.39 is 0 Å². The minimum absolute atomic E-state index is 0. The fraction of sp³-hybridized carbons (Fsp3) is 0.923. The van der Waals surface area contributed by atoms with Crippen LogP contribution in [0.5, 0.6) is 0 Å². The Bertz CT molecular complexity index is 177. The number of rotatable bonds is 10. The lowest BCUT2D eigenvalue weighted by molar-refractivity contribution is -0.122. The van der Waals surface area contributed by atoms with Gasteiger partial charge in [0.1, 0.15) is 0 Å². The lowest BCUT2D eigenvalue weighted by Crippen LogP contribution is -2.28. The molecule has 1 atom stereocenters. The largest absolute Gasteiger partial charge is 0.356 e. The molecule has 0 bridgehead atoms. The Morgan fingerprint density at radius 1 is 1.18 bits per heavy atom. The number of carbonyl (C=O) groups is 1. The van der Waals surface area contributed by atoms with Gasteiger partial charge in [0.2, 0.25) is 5.91 Å². The van der Waals surface area contributed by atoms with E-state index in [1.165, 1.54) is 19.3 Å². The molecule has 0 aromatic rings. The van der Waals surface area contributed by atoms with E-state index >= 15 is 0 Å². The number of nitrogens with one attached hydrogen (secondary N) is 2. The van der Waals surface area contributed by atoms with Crippen LogP contribution in [0.3, 0.4) is 0 Å². The maximum absolute atomic E-state index is 11.6. The van der Waals surface area contributed by atoms with E-state index in [2.05, 4.69) is 24.5 Å². The molecule has 0 aliphatic heterocycles. The molecule has 4 heteroatoms. The second-order valence-corrected chi connectivity index (χ2v) is 4.43. The van der Waals surface area contributed by atoms with E-state index in [-0.39, 0.29) is 18.3 Å². The molecule has 0 aliphatic carbocycles. The highest BCUT2D eigenvalue weighted by Gasteiger charge is 2.10. The standard InChI is InChI=1S/C13H28N2O.ClH/c1-4-6-8-12(5-2)11-13(16)15-10-7-9-14-3;/h12,14H,4-11H2,1-3H3,(H,15,16);1H. The number of amides is 1. The molecule has 3 nitrogen and oxygen atoms in total. The van der Waals surface area contributed by atoms with Gasteiger partial charge in [0.05, 0.1) is 0 Å². The fourth-order valence-electron chi connectivity index (χ4n) is 1.77. The molecule has 104 valence electrons. The molecule has 17 heavy (non-hydrogen) atoms. The zero-order valence-electron chi connectivity index (χ0n) is 11.6. The molecule has 0 saturated carbocycles. The van der Waals surface area contributed by atoms with Gasteiger partial charge in [0.15, 0.2) is 0 Å². The van der Waals surface area contributed by atoms with Crippen LogP contribution in [-0.4, -0.2) is 26.0 Å². The molecule has 0 rings (SSSR count). The van der Waals surface area contributed by atoms with Crippen molar-refractivity contribution in [3.8, 4) is 0 Å². The molecule has 1 unspecified atom stereocenters. The SMILES string of the molecule is CCCCC(CC)CC(=O)NCCCNC.Cl. The molecule has 0 heterocycles. The Hall–Kier alpha value is -0.280. The molecule has 0 aliphatic rings. The first-order chi connectivity index (χ1) is 7.74. The monoisotopic (exact) mass is 264 g/mol. The smallest absolute Gasteiger partial charge is 0.220 e. The molecule has 0 spiro atoms. The van der Waals surface area contributed by atoms with Crippen molar-refractivity contribution in [3.63, 3.8) is 0 Å². The zero-order valence-corrected chi connectivity index (χ0v) is 12.4. The molecule has 0 saturated heterocycles. The molecular weight excluding hydrogens is 236 g/mol. The third-order valence-corrected chi connectivity index (χ3v) is 2.94. The Morgan fingerprint density at radius 3 is 2.41 bits per heavy atom. The fourth-order valence-corrected chi connectivity index (χ4v) is 1.77. The summed E-state index contributed by atoms with van der Waals surface area (Å²) in [6, 6.07) is 0. The minimum Gasteiger partial charge on any atom is -0.356 e. The Labute approximate surface area is 113 Å². The molecule has 0 aromatic heterocycles. The first kappa shape index (κ1) is 19.1. The third-order valence-electron chi connectivity index (χ3n) is 2.94. The highest BCUT2D eigenvalue weighted by atomic mass is 35.5. The lowest BCUT2D eigenvalue weighted by atomic mass is 9.95. The summed E-state index contributed by atoms with van der Waals surface area (Å²) in [6.07, 6.45) is 6.48. The normalized spacial score (nSPS) is 11.7. The van der Waals surface area contributed by atoms with E-state index in [9.17, 15) is 4.79 Å². The van der Waals surface area contributed by atoms with E-state index in [0.29, 0.717) is 12.3 Å². The van der Waals surface area contributed by atoms with E-state index in [0.717, 1.165) is 25.9 Å². The average Bonchev–Trinajstić information content (AvgIpc) is 2.30. The van der Waals surface area contributed by atoms with Crippen molar-refractivity contribution in [1.29, 1.82) is 0 Å². The van der Waals surface area contributed by atoms with Crippen molar-refractivity contribution in [2.45, 2.75) is 52.4 Å². The summed E-state index contributed by atoms with van der Waals surface area (Å²) >= 11 is 0. The van der Waals surface area contributed by atoms with Gasteiger partial charge in [-0.25, -0.2) is 0 Å². The summed E-state index contributed by atoms with van der Waals surface area (Å²) in [5, 5.41) is 6.05. The number of hydrogen-bond acceptors (Lipinski definition) is 2. The molecular formula is C13H29ClN2O. The minimum atomic E-state index is 0. The first-order valence-corrected chi connectivity index (χ1v) is 6.65. The van der Waals surface area contributed by atoms with Crippen LogP contribution in [0.25, 0.3) is 0 Å². The summed E-state index contributed by atoms with van der Waals surface area (Å²) in [5.41, 5.74) is 0. The van der Waals surface area contributed by atoms with Crippen LogP contribution >= 0.6 is 12.4 Å². The third kappa shape index (κ3) is 12.0. The molecule has 0 radical (unpaired) electrons. The van der Waals surface area contributed by atoms with Gasteiger partial charge in [-0.1, -0.05) is 33.1 Å². The highest BCUT2D eigenvalue weighted by Crippen LogP contribution is 2.16. The van der Waals surface area contributed by atoms with E-state index in [1.807, 2.05) is 7.05 Å². The summed E-state index contributed by atoms with van der Waals surface area (Å²) in [5.74, 6) is 0.795. The van der Waals surface area contributed by atoms with Crippen LogP contribution < -0.4 is 10.6 Å². The van der Waals surface area contributed by atoms with Gasteiger partial charge in [-0.2, -0.15) is 0 Å². The van der Waals surface area contributed by atoms with Crippen molar-refractivity contribution in [1.82, 2.24) is 10.6 Å². The number of unbranched alkanes of at least 4 members (excludes halogenated alkanes) is 1. The summed E-state index contributed by atoms with van der Waals surface area (Å²) in [6.45, 7) is 6.14. The van der Waals surface area contributed by atoms with E-state index in [4.69, 9.17) is 0 Å². The number of halogens is 1. The van der Waals surface area contributed by atoms with Gasteiger partial charge >= 0.3 is 0 Å². The number of carbonyl (C=O) groups excluding carboxylic acids is 1. The van der Waals surface area contributed by atoms with Crippen molar-refractivity contribution in [3.05, 3.63) is 0 Å². The average molecular weight is 265 g/mol. The quantitative estimate of drug-likeness (QED) is 0.596. The van der Waals surface area contributed by atoms with Crippen molar-refractivity contribution in [2.75, 3.05) is 20.1 Å². The Balaban J connectivity index is 0. The molecule has 1 amide bonds.